The number of pyridine rings is 1. The van der Waals surface area contributed by atoms with Crippen molar-refractivity contribution in [3.05, 3.63) is 22.9 Å². The molecule has 3 amide bonds. The third-order valence-corrected chi connectivity index (χ3v) is 3.07. The Labute approximate surface area is 113 Å². The minimum Gasteiger partial charge on any atom is -0.306 e. The third-order valence-electron chi connectivity index (χ3n) is 2.60. The zero-order chi connectivity index (χ0) is 13.0. The summed E-state index contributed by atoms with van der Waals surface area (Å²) >= 11 is 3.19. The number of urea groups is 1. The maximum Gasteiger partial charge on any atom is 0.325 e. The van der Waals surface area contributed by atoms with Crippen molar-refractivity contribution in [2.45, 2.75) is 18.9 Å². The number of rotatable bonds is 2. The monoisotopic (exact) mass is 312 g/mol. The molecule has 2 heterocycles. The second-order valence-corrected chi connectivity index (χ2v) is 4.77. The molecule has 1 aliphatic heterocycles. The average Bonchev–Trinajstić information content (AvgIpc) is 2.85. The smallest absolute Gasteiger partial charge is 0.306 e. The van der Waals surface area contributed by atoms with Gasteiger partial charge in [-0.3, -0.25) is 10.1 Å². The number of carbonyl (C=O) groups is 2. The standard InChI is InChI=1S/C11H13BrN4O2/c12-9-4-3-7(6-14-9)15-11(18)16-10(17)8-2-1-5-13-8/h3-4,6,8,13H,1-2,5H2,(H2,15,16,17,18)/t8-/m0/s1. The Balaban J connectivity index is 1.84. The first-order chi connectivity index (χ1) is 8.65. The van der Waals surface area contributed by atoms with Crippen molar-refractivity contribution in [3.63, 3.8) is 0 Å². The van der Waals surface area contributed by atoms with E-state index in [-0.39, 0.29) is 11.9 Å². The lowest BCUT2D eigenvalue weighted by Crippen LogP contribution is -2.44. The number of anilines is 1. The van der Waals surface area contributed by atoms with Crippen molar-refractivity contribution >= 4 is 33.6 Å². The third kappa shape index (κ3) is 3.51. The van der Waals surface area contributed by atoms with Crippen LogP contribution in [0.1, 0.15) is 12.8 Å². The van der Waals surface area contributed by atoms with Crippen LogP contribution in [0.15, 0.2) is 22.9 Å². The Hall–Kier alpha value is -1.47. The summed E-state index contributed by atoms with van der Waals surface area (Å²) in [6.45, 7) is 0.816. The normalized spacial score (nSPS) is 18.4. The predicted molar refractivity (Wildman–Crippen MR) is 70.1 cm³/mol. The highest BCUT2D eigenvalue weighted by atomic mass is 79.9. The summed E-state index contributed by atoms with van der Waals surface area (Å²) in [6, 6.07) is 2.59. The van der Waals surface area contributed by atoms with Crippen LogP contribution < -0.4 is 16.0 Å². The van der Waals surface area contributed by atoms with Crippen LogP contribution in [-0.4, -0.2) is 29.5 Å². The second-order valence-electron chi connectivity index (χ2n) is 3.96. The van der Waals surface area contributed by atoms with Crippen LogP contribution in [-0.2, 0) is 4.79 Å². The fourth-order valence-corrected chi connectivity index (χ4v) is 1.95. The van der Waals surface area contributed by atoms with E-state index in [1.54, 1.807) is 12.1 Å². The molecule has 0 radical (unpaired) electrons. The fraction of sp³-hybridized carbons (Fsp3) is 0.364. The lowest BCUT2D eigenvalue weighted by Gasteiger charge is -2.10. The van der Waals surface area contributed by atoms with Crippen molar-refractivity contribution in [2.75, 3.05) is 11.9 Å². The number of hydrogen-bond donors (Lipinski definition) is 3. The molecule has 3 N–H and O–H groups in total. The van der Waals surface area contributed by atoms with Crippen LogP contribution in [0.4, 0.5) is 10.5 Å². The van der Waals surface area contributed by atoms with Gasteiger partial charge in [0.25, 0.3) is 0 Å². The van der Waals surface area contributed by atoms with E-state index < -0.39 is 6.03 Å². The molecule has 0 aromatic carbocycles. The minimum absolute atomic E-state index is 0.265. The molecule has 0 bridgehead atoms. The summed E-state index contributed by atoms with van der Waals surface area (Å²) in [5, 5.41) is 7.86. The number of hydrogen-bond acceptors (Lipinski definition) is 4. The van der Waals surface area contributed by atoms with Crippen molar-refractivity contribution < 1.29 is 9.59 Å². The van der Waals surface area contributed by atoms with Gasteiger partial charge in [0, 0.05) is 0 Å². The summed E-state index contributed by atoms with van der Waals surface area (Å²) in [4.78, 5) is 27.2. The first-order valence-corrected chi connectivity index (χ1v) is 6.41. The molecule has 0 saturated carbocycles. The van der Waals surface area contributed by atoms with E-state index in [4.69, 9.17) is 0 Å². The molecule has 0 unspecified atom stereocenters. The number of aromatic nitrogens is 1. The van der Waals surface area contributed by atoms with Gasteiger partial charge < -0.3 is 10.6 Å². The highest BCUT2D eigenvalue weighted by Gasteiger charge is 2.23. The van der Waals surface area contributed by atoms with Crippen molar-refractivity contribution in [3.8, 4) is 0 Å². The highest BCUT2D eigenvalue weighted by Crippen LogP contribution is 2.10. The zero-order valence-corrected chi connectivity index (χ0v) is 11.2. The van der Waals surface area contributed by atoms with E-state index in [0.29, 0.717) is 10.3 Å². The van der Waals surface area contributed by atoms with Gasteiger partial charge in [-0.05, 0) is 47.4 Å². The van der Waals surface area contributed by atoms with Gasteiger partial charge in [0.2, 0.25) is 5.91 Å². The molecular formula is C11H13BrN4O2. The largest absolute Gasteiger partial charge is 0.325 e. The average molecular weight is 313 g/mol. The summed E-state index contributed by atoms with van der Waals surface area (Å²) in [5.74, 6) is -0.296. The molecular weight excluding hydrogens is 300 g/mol. The fourth-order valence-electron chi connectivity index (χ4n) is 1.72. The van der Waals surface area contributed by atoms with Gasteiger partial charge in [-0.2, -0.15) is 0 Å². The molecule has 7 heteroatoms. The molecule has 1 aliphatic rings. The number of carbonyl (C=O) groups excluding carboxylic acids is 2. The van der Waals surface area contributed by atoms with Crippen molar-refractivity contribution in [1.29, 1.82) is 0 Å². The van der Waals surface area contributed by atoms with Gasteiger partial charge in [0.15, 0.2) is 0 Å². The zero-order valence-electron chi connectivity index (χ0n) is 9.57. The Morgan fingerprint density at radius 1 is 1.44 bits per heavy atom. The predicted octanol–water partition coefficient (Wildman–Crippen LogP) is 1.24. The molecule has 18 heavy (non-hydrogen) atoms. The first-order valence-electron chi connectivity index (χ1n) is 5.62. The van der Waals surface area contributed by atoms with Crippen LogP contribution in [0.5, 0.6) is 0 Å². The first kappa shape index (κ1) is 13.0. The Kier molecular flexibility index (Phi) is 4.27. The Morgan fingerprint density at radius 2 is 2.28 bits per heavy atom. The van der Waals surface area contributed by atoms with E-state index >= 15 is 0 Å². The van der Waals surface area contributed by atoms with E-state index in [0.717, 1.165) is 19.4 Å². The van der Waals surface area contributed by atoms with E-state index in [1.165, 1.54) is 6.20 Å². The second kappa shape index (κ2) is 5.92. The lowest BCUT2D eigenvalue weighted by atomic mass is 10.2. The van der Waals surface area contributed by atoms with Gasteiger partial charge in [-0.25, -0.2) is 9.78 Å². The minimum atomic E-state index is -0.544. The SMILES string of the molecule is O=C(NC(=O)[C@@H]1CCCN1)Nc1ccc(Br)nc1. The molecule has 1 aromatic heterocycles. The van der Waals surface area contributed by atoms with Gasteiger partial charge >= 0.3 is 6.03 Å². The Bertz CT molecular complexity index is 443. The topological polar surface area (TPSA) is 83.1 Å². The molecule has 1 saturated heterocycles. The van der Waals surface area contributed by atoms with Crippen LogP contribution in [0, 0.1) is 0 Å². The maximum atomic E-state index is 11.6. The van der Waals surface area contributed by atoms with Crippen LogP contribution in [0.3, 0.4) is 0 Å². The van der Waals surface area contributed by atoms with E-state index in [9.17, 15) is 9.59 Å². The number of amides is 3. The molecule has 0 aliphatic carbocycles. The Morgan fingerprint density at radius 3 is 2.89 bits per heavy atom. The van der Waals surface area contributed by atoms with E-state index in [2.05, 4.69) is 36.9 Å². The molecule has 6 nitrogen and oxygen atoms in total. The lowest BCUT2D eigenvalue weighted by molar-refractivity contribution is -0.121. The molecule has 1 fully saturated rings. The van der Waals surface area contributed by atoms with Crippen molar-refractivity contribution in [2.24, 2.45) is 0 Å². The summed E-state index contributed by atoms with van der Waals surface area (Å²) in [6.07, 6.45) is 3.22. The summed E-state index contributed by atoms with van der Waals surface area (Å²) in [7, 11) is 0. The number of nitrogens with one attached hydrogen (secondary N) is 3. The highest BCUT2D eigenvalue weighted by molar-refractivity contribution is 9.10. The molecule has 96 valence electrons. The molecule has 1 atom stereocenters. The molecule has 2 rings (SSSR count). The van der Waals surface area contributed by atoms with Crippen LogP contribution >= 0.6 is 15.9 Å². The van der Waals surface area contributed by atoms with E-state index in [1.807, 2.05) is 0 Å². The quantitative estimate of drug-likeness (QED) is 0.718. The number of nitrogens with zero attached hydrogens (tertiary/aromatic N) is 1. The molecule has 0 spiro atoms. The maximum absolute atomic E-state index is 11.6. The number of imide groups is 1. The van der Waals surface area contributed by atoms with Gasteiger partial charge in [-0.1, -0.05) is 0 Å². The van der Waals surface area contributed by atoms with Crippen molar-refractivity contribution in [1.82, 2.24) is 15.6 Å². The van der Waals surface area contributed by atoms with Gasteiger partial charge in [-0.15, -0.1) is 0 Å². The summed E-state index contributed by atoms with van der Waals surface area (Å²) < 4.78 is 0.680. The van der Waals surface area contributed by atoms with Crippen LogP contribution in [0.2, 0.25) is 0 Å². The molecule has 1 aromatic rings. The van der Waals surface area contributed by atoms with Gasteiger partial charge in [0.05, 0.1) is 17.9 Å². The number of halogens is 1. The van der Waals surface area contributed by atoms with Crippen LogP contribution in [0.25, 0.3) is 0 Å². The summed E-state index contributed by atoms with van der Waals surface area (Å²) in [5.41, 5.74) is 0.530. The van der Waals surface area contributed by atoms with Gasteiger partial charge in [0.1, 0.15) is 4.60 Å².